The van der Waals surface area contributed by atoms with Gasteiger partial charge in [-0.2, -0.15) is 0 Å². The molecule has 0 aliphatic carbocycles. The molecule has 0 rings (SSSR count). The van der Waals surface area contributed by atoms with Crippen molar-refractivity contribution < 1.29 is 18.9 Å². The van der Waals surface area contributed by atoms with Gasteiger partial charge in [-0.1, -0.05) is 26.7 Å². The van der Waals surface area contributed by atoms with E-state index in [0.29, 0.717) is 0 Å². The first-order valence-electron chi connectivity index (χ1n) is 4.49. The number of phosphoric acid groups is 1. The molecule has 0 aromatic rings. The Kier molecular flexibility index (Phi) is 4.60. The van der Waals surface area contributed by atoms with Crippen molar-refractivity contribution in [1.29, 1.82) is 0 Å². The first-order chi connectivity index (χ1) is 5.73. The Balaban J connectivity index is 4.45. The molecule has 0 aliphatic rings. The predicted molar refractivity (Wildman–Crippen MR) is 51.3 cm³/mol. The Bertz CT molecular complexity index is 192. The van der Waals surface area contributed by atoms with Gasteiger partial charge in [-0.15, -0.1) is 0 Å². The maximum absolute atomic E-state index is 10.7. The molecule has 0 aliphatic heterocycles. The normalized spacial score (nSPS) is 13.8. The average Bonchev–Trinajstić information content (AvgIpc) is 1.83. The minimum atomic E-state index is -4.37. The van der Waals surface area contributed by atoms with Gasteiger partial charge in [0.2, 0.25) is 0 Å². The van der Waals surface area contributed by atoms with Crippen LogP contribution in [0.15, 0.2) is 0 Å². The van der Waals surface area contributed by atoms with Gasteiger partial charge in [0.25, 0.3) is 0 Å². The summed E-state index contributed by atoms with van der Waals surface area (Å²) in [6.07, 6.45) is 1.70. The summed E-state index contributed by atoms with van der Waals surface area (Å²) in [6, 6.07) is 0. The number of hydrogen-bond acceptors (Lipinski definition) is 2. The lowest BCUT2D eigenvalue weighted by Gasteiger charge is -2.32. The van der Waals surface area contributed by atoms with Crippen molar-refractivity contribution in [2.24, 2.45) is 5.92 Å². The van der Waals surface area contributed by atoms with Crippen molar-refractivity contribution in [3.05, 3.63) is 0 Å². The summed E-state index contributed by atoms with van der Waals surface area (Å²) in [4.78, 5) is 17.4. The highest BCUT2D eigenvalue weighted by atomic mass is 31.2. The summed E-state index contributed by atoms with van der Waals surface area (Å²) in [5.41, 5.74) is -0.761. The van der Waals surface area contributed by atoms with E-state index in [4.69, 9.17) is 14.3 Å². The first kappa shape index (κ1) is 13.1. The van der Waals surface area contributed by atoms with Gasteiger partial charge >= 0.3 is 7.82 Å². The van der Waals surface area contributed by atoms with Crippen LogP contribution in [0, 0.1) is 5.92 Å². The SMILES string of the molecule is CCC(CC)C(C)(C)OP(=O)(O)O. The molecular formula is C8H19O4P. The lowest BCUT2D eigenvalue weighted by atomic mass is 9.87. The van der Waals surface area contributed by atoms with Crippen LogP contribution in [0.25, 0.3) is 0 Å². The Morgan fingerprint density at radius 1 is 1.31 bits per heavy atom. The molecule has 0 aromatic carbocycles. The van der Waals surface area contributed by atoms with E-state index in [9.17, 15) is 4.57 Å². The average molecular weight is 210 g/mol. The second kappa shape index (κ2) is 4.56. The number of phosphoric ester groups is 1. The zero-order chi connectivity index (χ0) is 10.7. The van der Waals surface area contributed by atoms with Gasteiger partial charge in [-0.05, 0) is 19.8 Å². The second-order valence-corrected chi connectivity index (χ2v) is 4.86. The van der Waals surface area contributed by atoms with E-state index in [2.05, 4.69) is 0 Å². The molecule has 0 heterocycles. The highest BCUT2D eigenvalue weighted by Crippen LogP contribution is 2.44. The zero-order valence-electron chi connectivity index (χ0n) is 8.65. The van der Waals surface area contributed by atoms with Crippen LogP contribution < -0.4 is 0 Å². The standard InChI is InChI=1S/C8H19O4P/c1-5-7(6-2)8(3,4)12-13(9,10)11/h7H,5-6H2,1-4H3,(H2,9,10,11). The first-order valence-corrected chi connectivity index (χ1v) is 6.02. The summed E-state index contributed by atoms with van der Waals surface area (Å²) in [6.45, 7) is 7.39. The van der Waals surface area contributed by atoms with Gasteiger partial charge < -0.3 is 9.79 Å². The van der Waals surface area contributed by atoms with E-state index in [-0.39, 0.29) is 5.92 Å². The summed E-state index contributed by atoms with van der Waals surface area (Å²) in [5, 5.41) is 0. The van der Waals surface area contributed by atoms with E-state index in [0.717, 1.165) is 12.8 Å². The fraction of sp³-hybridized carbons (Fsp3) is 1.00. The molecule has 0 amide bonds. The monoisotopic (exact) mass is 210 g/mol. The van der Waals surface area contributed by atoms with Crippen molar-refractivity contribution >= 4 is 7.82 Å². The Hall–Kier alpha value is 0.110. The van der Waals surface area contributed by atoms with Gasteiger partial charge in [0, 0.05) is 0 Å². The van der Waals surface area contributed by atoms with Crippen molar-refractivity contribution in [3.8, 4) is 0 Å². The number of hydrogen-bond donors (Lipinski definition) is 2. The molecule has 5 heteroatoms. The largest absolute Gasteiger partial charge is 0.470 e. The third-order valence-corrected chi connectivity index (χ3v) is 3.03. The van der Waals surface area contributed by atoms with Crippen LogP contribution in [-0.4, -0.2) is 15.4 Å². The van der Waals surface area contributed by atoms with E-state index in [1.54, 1.807) is 13.8 Å². The fourth-order valence-corrected chi connectivity index (χ4v) is 2.41. The maximum Gasteiger partial charge on any atom is 0.470 e. The van der Waals surface area contributed by atoms with Crippen LogP contribution in [0.4, 0.5) is 0 Å². The lowest BCUT2D eigenvalue weighted by molar-refractivity contribution is 0.0111. The highest BCUT2D eigenvalue weighted by molar-refractivity contribution is 7.46. The second-order valence-electron chi connectivity index (χ2n) is 3.70. The van der Waals surface area contributed by atoms with Gasteiger partial charge in [0.05, 0.1) is 5.60 Å². The Labute approximate surface area is 79.5 Å². The van der Waals surface area contributed by atoms with E-state index >= 15 is 0 Å². The molecule has 2 N–H and O–H groups in total. The van der Waals surface area contributed by atoms with Gasteiger partial charge in [0.1, 0.15) is 0 Å². The molecule has 13 heavy (non-hydrogen) atoms. The molecule has 0 radical (unpaired) electrons. The quantitative estimate of drug-likeness (QED) is 0.683. The maximum atomic E-state index is 10.7. The Morgan fingerprint density at radius 2 is 1.69 bits per heavy atom. The van der Waals surface area contributed by atoms with E-state index in [1.807, 2.05) is 13.8 Å². The van der Waals surface area contributed by atoms with Crippen LogP contribution >= 0.6 is 7.82 Å². The van der Waals surface area contributed by atoms with Crippen LogP contribution in [0.3, 0.4) is 0 Å². The Morgan fingerprint density at radius 3 is 1.92 bits per heavy atom. The molecule has 0 atom stereocenters. The van der Waals surface area contributed by atoms with E-state index < -0.39 is 13.4 Å². The highest BCUT2D eigenvalue weighted by Gasteiger charge is 2.34. The van der Waals surface area contributed by atoms with Crippen molar-refractivity contribution in [2.45, 2.75) is 46.1 Å². The molecule has 0 fully saturated rings. The minimum absolute atomic E-state index is 0.167. The van der Waals surface area contributed by atoms with Crippen molar-refractivity contribution in [2.75, 3.05) is 0 Å². The molecule has 0 aromatic heterocycles. The predicted octanol–water partition coefficient (Wildman–Crippen LogP) is 2.31. The van der Waals surface area contributed by atoms with Crippen LogP contribution in [0.1, 0.15) is 40.5 Å². The molecule has 0 spiro atoms. The number of rotatable bonds is 5. The zero-order valence-corrected chi connectivity index (χ0v) is 9.54. The molecule has 4 nitrogen and oxygen atoms in total. The summed E-state index contributed by atoms with van der Waals surface area (Å²) >= 11 is 0. The summed E-state index contributed by atoms with van der Waals surface area (Å²) < 4.78 is 15.4. The molecule has 0 saturated heterocycles. The third-order valence-electron chi connectivity index (χ3n) is 2.32. The molecule has 0 bridgehead atoms. The summed E-state index contributed by atoms with van der Waals surface area (Å²) in [5.74, 6) is 0.167. The van der Waals surface area contributed by atoms with Gasteiger partial charge in [-0.3, -0.25) is 4.52 Å². The molecular weight excluding hydrogens is 191 g/mol. The van der Waals surface area contributed by atoms with Crippen LogP contribution in [0.2, 0.25) is 0 Å². The van der Waals surface area contributed by atoms with Crippen LogP contribution in [0.5, 0.6) is 0 Å². The van der Waals surface area contributed by atoms with Crippen molar-refractivity contribution in [1.82, 2.24) is 0 Å². The summed E-state index contributed by atoms with van der Waals surface area (Å²) in [7, 11) is -4.37. The van der Waals surface area contributed by atoms with Crippen LogP contribution in [-0.2, 0) is 9.09 Å². The molecule has 0 unspecified atom stereocenters. The van der Waals surface area contributed by atoms with E-state index in [1.165, 1.54) is 0 Å². The minimum Gasteiger partial charge on any atom is -0.303 e. The molecule has 0 saturated carbocycles. The fourth-order valence-electron chi connectivity index (χ4n) is 1.65. The van der Waals surface area contributed by atoms with Gasteiger partial charge in [-0.25, -0.2) is 4.57 Å². The topological polar surface area (TPSA) is 66.8 Å². The van der Waals surface area contributed by atoms with Crippen molar-refractivity contribution in [3.63, 3.8) is 0 Å². The molecule has 80 valence electrons. The van der Waals surface area contributed by atoms with Gasteiger partial charge in [0.15, 0.2) is 0 Å². The lowest BCUT2D eigenvalue weighted by Crippen LogP contribution is -2.32. The third kappa shape index (κ3) is 4.77. The smallest absolute Gasteiger partial charge is 0.303 e.